The van der Waals surface area contributed by atoms with Crippen molar-refractivity contribution >= 4 is 0 Å². The number of hydrogen-bond acceptors (Lipinski definition) is 2. The zero-order valence-electron chi connectivity index (χ0n) is 7.03. The molecule has 2 bridgehead atoms. The van der Waals surface area contributed by atoms with Gasteiger partial charge in [-0.1, -0.05) is 0 Å². The maximum atomic E-state index is 4.39. The van der Waals surface area contributed by atoms with Crippen LogP contribution in [0.1, 0.15) is 48.8 Å². The van der Waals surface area contributed by atoms with Gasteiger partial charge in [-0.15, -0.1) is 0 Å². The molecule has 0 amide bonds. The summed E-state index contributed by atoms with van der Waals surface area (Å²) < 4.78 is 0. The van der Waals surface area contributed by atoms with Crippen molar-refractivity contribution < 1.29 is 0 Å². The van der Waals surface area contributed by atoms with Gasteiger partial charge in [0.1, 0.15) is 6.33 Å². The first-order valence-corrected chi connectivity index (χ1v) is 4.75. The van der Waals surface area contributed by atoms with E-state index in [1.807, 2.05) is 6.20 Å². The number of nitrogens with zero attached hydrogens (tertiary/aromatic N) is 2. The fourth-order valence-electron chi connectivity index (χ4n) is 2.68. The largest absolute Gasteiger partial charge is 0.245 e. The van der Waals surface area contributed by atoms with Crippen LogP contribution in [0.25, 0.3) is 0 Å². The molecule has 1 aromatic rings. The minimum Gasteiger partial charge on any atom is -0.245 e. The molecule has 2 heteroatoms. The molecule has 3 aliphatic rings. The van der Waals surface area contributed by atoms with Crippen molar-refractivity contribution in [2.24, 2.45) is 0 Å². The van der Waals surface area contributed by atoms with Gasteiger partial charge in [0.25, 0.3) is 0 Å². The molecule has 0 aliphatic heterocycles. The standard InChI is InChI=1S/C10H12N2/c1-3-8-4-2-7(1)9-5-11-6-12-10(8)9/h5-8H,1-4H2. The van der Waals surface area contributed by atoms with E-state index in [1.165, 1.54) is 36.9 Å². The summed E-state index contributed by atoms with van der Waals surface area (Å²) in [5.41, 5.74) is 2.80. The second kappa shape index (κ2) is 2.28. The molecule has 0 N–H and O–H groups in total. The Labute approximate surface area is 72.0 Å². The Balaban J connectivity index is 2.19. The minimum absolute atomic E-state index is 0.757. The van der Waals surface area contributed by atoms with Crippen LogP contribution in [0.4, 0.5) is 0 Å². The van der Waals surface area contributed by atoms with Crippen molar-refractivity contribution in [2.75, 3.05) is 0 Å². The van der Waals surface area contributed by atoms with E-state index in [4.69, 9.17) is 0 Å². The average molecular weight is 160 g/mol. The number of hydrogen-bond donors (Lipinski definition) is 0. The van der Waals surface area contributed by atoms with Crippen LogP contribution in [-0.2, 0) is 0 Å². The molecule has 1 aromatic heterocycles. The Kier molecular flexibility index (Phi) is 1.25. The molecule has 1 saturated carbocycles. The lowest BCUT2D eigenvalue weighted by molar-refractivity contribution is 0.349. The molecule has 3 aliphatic carbocycles. The summed E-state index contributed by atoms with van der Waals surface area (Å²) in [6.45, 7) is 0. The third-order valence-electron chi connectivity index (χ3n) is 3.33. The second-order valence-electron chi connectivity index (χ2n) is 3.91. The third-order valence-corrected chi connectivity index (χ3v) is 3.33. The molecule has 0 spiro atoms. The van der Waals surface area contributed by atoms with Crippen LogP contribution in [0.5, 0.6) is 0 Å². The Hall–Kier alpha value is -0.920. The van der Waals surface area contributed by atoms with E-state index in [9.17, 15) is 0 Å². The predicted molar refractivity (Wildman–Crippen MR) is 46.0 cm³/mol. The maximum absolute atomic E-state index is 4.39. The van der Waals surface area contributed by atoms with E-state index >= 15 is 0 Å². The highest BCUT2D eigenvalue weighted by atomic mass is 14.8. The van der Waals surface area contributed by atoms with Gasteiger partial charge in [-0.05, 0) is 37.2 Å². The molecule has 12 heavy (non-hydrogen) atoms. The Morgan fingerprint density at radius 3 is 2.58 bits per heavy atom. The Morgan fingerprint density at radius 1 is 1.08 bits per heavy atom. The van der Waals surface area contributed by atoms with Crippen LogP contribution in [0, 0.1) is 0 Å². The lowest BCUT2D eigenvalue weighted by Crippen LogP contribution is -2.22. The number of rotatable bonds is 0. The second-order valence-corrected chi connectivity index (χ2v) is 3.91. The van der Waals surface area contributed by atoms with Crippen LogP contribution in [0.2, 0.25) is 0 Å². The molecule has 2 nitrogen and oxygen atoms in total. The number of aromatic nitrogens is 2. The summed E-state index contributed by atoms with van der Waals surface area (Å²) >= 11 is 0. The van der Waals surface area contributed by atoms with Crippen molar-refractivity contribution in [3.8, 4) is 0 Å². The lowest BCUT2D eigenvalue weighted by Gasteiger charge is -2.36. The van der Waals surface area contributed by atoms with E-state index in [1.54, 1.807) is 6.33 Å². The Morgan fingerprint density at radius 2 is 1.83 bits per heavy atom. The van der Waals surface area contributed by atoms with E-state index in [0.717, 1.165) is 11.8 Å². The van der Waals surface area contributed by atoms with Crippen LogP contribution in [0.15, 0.2) is 12.5 Å². The molecule has 0 aromatic carbocycles. The molecule has 0 saturated heterocycles. The molecule has 1 fully saturated rings. The van der Waals surface area contributed by atoms with Gasteiger partial charge < -0.3 is 0 Å². The molecule has 0 radical (unpaired) electrons. The molecular weight excluding hydrogens is 148 g/mol. The third kappa shape index (κ3) is 0.752. The molecular formula is C10H12N2. The van der Waals surface area contributed by atoms with Gasteiger partial charge in [-0.2, -0.15) is 0 Å². The van der Waals surface area contributed by atoms with Crippen molar-refractivity contribution in [1.29, 1.82) is 0 Å². The minimum atomic E-state index is 0.757. The van der Waals surface area contributed by atoms with E-state index in [2.05, 4.69) is 9.97 Å². The zero-order valence-corrected chi connectivity index (χ0v) is 7.03. The van der Waals surface area contributed by atoms with Gasteiger partial charge in [0.15, 0.2) is 0 Å². The smallest absolute Gasteiger partial charge is 0.115 e. The van der Waals surface area contributed by atoms with Gasteiger partial charge in [-0.3, -0.25) is 0 Å². The van der Waals surface area contributed by atoms with E-state index in [-0.39, 0.29) is 0 Å². The van der Waals surface area contributed by atoms with Gasteiger partial charge in [0.2, 0.25) is 0 Å². The summed E-state index contributed by atoms with van der Waals surface area (Å²) in [4.78, 5) is 8.50. The lowest BCUT2D eigenvalue weighted by atomic mass is 9.70. The van der Waals surface area contributed by atoms with E-state index in [0.29, 0.717) is 0 Å². The van der Waals surface area contributed by atoms with Crippen molar-refractivity contribution in [3.63, 3.8) is 0 Å². The first-order valence-electron chi connectivity index (χ1n) is 4.75. The highest BCUT2D eigenvalue weighted by Crippen LogP contribution is 2.47. The van der Waals surface area contributed by atoms with Gasteiger partial charge in [-0.25, -0.2) is 9.97 Å². The quantitative estimate of drug-likeness (QED) is 0.581. The topological polar surface area (TPSA) is 25.8 Å². The van der Waals surface area contributed by atoms with Crippen molar-refractivity contribution in [1.82, 2.24) is 9.97 Å². The monoisotopic (exact) mass is 160 g/mol. The molecule has 0 atom stereocenters. The summed E-state index contributed by atoms with van der Waals surface area (Å²) in [5.74, 6) is 1.54. The first-order chi connectivity index (χ1) is 5.95. The average Bonchev–Trinajstić information content (AvgIpc) is 2.20. The van der Waals surface area contributed by atoms with Gasteiger partial charge in [0, 0.05) is 12.1 Å². The van der Waals surface area contributed by atoms with Gasteiger partial charge in [0.05, 0.1) is 5.69 Å². The SMILES string of the molecule is c1ncc2c(n1)C1CCC2CC1. The summed E-state index contributed by atoms with van der Waals surface area (Å²) in [6.07, 6.45) is 9.16. The first kappa shape index (κ1) is 6.58. The summed E-state index contributed by atoms with van der Waals surface area (Å²) in [6, 6.07) is 0. The molecule has 1 heterocycles. The van der Waals surface area contributed by atoms with Crippen LogP contribution in [-0.4, -0.2) is 9.97 Å². The molecule has 0 unspecified atom stereocenters. The van der Waals surface area contributed by atoms with Crippen LogP contribution >= 0.6 is 0 Å². The Bertz CT molecular complexity index is 269. The highest BCUT2D eigenvalue weighted by Gasteiger charge is 2.33. The normalized spacial score (nSPS) is 31.7. The fraction of sp³-hybridized carbons (Fsp3) is 0.600. The summed E-state index contributed by atoms with van der Waals surface area (Å²) in [5, 5.41) is 0. The van der Waals surface area contributed by atoms with Crippen LogP contribution < -0.4 is 0 Å². The highest BCUT2D eigenvalue weighted by molar-refractivity contribution is 5.30. The maximum Gasteiger partial charge on any atom is 0.115 e. The molecule has 4 rings (SSSR count). The molecule has 62 valence electrons. The van der Waals surface area contributed by atoms with E-state index < -0.39 is 0 Å². The summed E-state index contributed by atoms with van der Waals surface area (Å²) in [7, 11) is 0. The van der Waals surface area contributed by atoms with Crippen molar-refractivity contribution in [3.05, 3.63) is 23.8 Å². The van der Waals surface area contributed by atoms with Crippen LogP contribution in [0.3, 0.4) is 0 Å². The fourth-order valence-corrected chi connectivity index (χ4v) is 2.68. The zero-order chi connectivity index (χ0) is 7.97. The van der Waals surface area contributed by atoms with Gasteiger partial charge >= 0.3 is 0 Å². The number of fused-ring (bicyclic) bond motifs is 2. The predicted octanol–water partition coefficient (Wildman–Crippen LogP) is 2.23. The van der Waals surface area contributed by atoms with Crippen molar-refractivity contribution in [2.45, 2.75) is 37.5 Å².